The summed E-state index contributed by atoms with van der Waals surface area (Å²) in [5.41, 5.74) is 7.09. The predicted octanol–water partition coefficient (Wildman–Crippen LogP) is 9.77. The lowest BCUT2D eigenvalue weighted by atomic mass is 9.81. The molecule has 0 unspecified atom stereocenters. The van der Waals surface area contributed by atoms with E-state index in [1.807, 2.05) is 12.2 Å². The minimum absolute atomic E-state index is 1.12. The molecule has 0 aliphatic carbocycles. The van der Waals surface area contributed by atoms with Crippen molar-refractivity contribution >= 4 is 44.5 Å². The van der Waals surface area contributed by atoms with Crippen molar-refractivity contribution in [3.8, 4) is 22.3 Å². The van der Waals surface area contributed by atoms with Crippen molar-refractivity contribution in [1.29, 1.82) is 0 Å². The van der Waals surface area contributed by atoms with E-state index in [0.29, 0.717) is 0 Å². The van der Waals surface area contributed by atoms with Gasteiger partial charge in [0.05, 0.1) is 0 Å². The fourth-order valence-electron chi connectivity index (χ4n) is 5.37. The predicted molar refractivity (Wildman–Crippen MR) is 150 cm³/mol. The molecule has 0 heteroatoms. The Balaban J connectivity index is 1.83. The van der Waals surface area contributed by atoms with E-state index in [4.69, 9.17) is 0 Å². The number of fused-ring (bicyclic) bond motifs is 3. The highest BCUT2D eigenvalue weighted by Crippen LogP contribution is 2.46. The van der Waals surface area contributed by atoms with Crippen LogP contribution in [0, 0.1) is 0 Å². The summed E-state index contributed by atoms with van der Waals surface area (Å²) in [5.74, 6) is 0. The molecular formula is C34H24. The maximum Gasteiger partial charge on any atom is -0.00204 e. The Hall–Kier alpha value is -4.42. The van der Waals surface area contributed by atoms with Gasteiger partial charge in [-0.05, 0) is 65.7 Å². The second kappa shape index (κ2) is 8.17. The average Bonchev–Trinajstić information content (AvgIpc) is 2.91. The lowest BCUT2D eigenvalue weighted by Crippen LogP contribution is -1.97. The molecule has 6 aromatic rings. The van der Waals surface area contributed by atoms with Gasteiger partial charge < -0.3 is 0 Å². The lowest BCUT2D eigenvalue weighted by molar-refractivity contribution is 1.61. The summed E-state index contributed by atoms with van der Waals surface area (Å²) in [7, 11) is 0. The van der Waals surface area contributed by atoms with Crippen molar-refractivity contribution < 1.29 is 0 Å². The molecule has 0 N–H and O–H groups in total. The van der Waals surface area contributed by atoms with Crippen molar-refractivity contribution in [1.82, 2.24) is 0 Å². The Bertz CT molecular complexity index is 1590. The Kier molecular flexibility index (Phi) is 4.86. The third-order valence-corrected chi connectivity index (χ3v) is 6.82. The Morgan fingerprint density at radius 1 is 0.382 bits per heavy atom. The van der Waals surface area contributed by atoms with Gasteiger partial charge in [-0.25, -0.2) is 0 Å². The van der Waals surface area contributed by atoms with Crippen LogP contribution in [0.15, 0.2) is 122 Å². The van der Waals surface area contributed by atoms with Crippen LogP contribution < -0.4 is 0 Å². The number of hydrogen-bond acceptors (Lipinski definition) is 0. The van der Waals surface area contributed by atoms with Crippen LogP contribution in [0.3, 0.4) is 0 Å². The van der Waals surface area contributed by atoms with E-state index >= 15 is 0 Å². The van der Waals surface area contributed by atoms with Crippen LogP contribution in [0.2, 0.25) is 0 Å². The molecule has 0 spiro atoms. The standard InChI is InChI=1S/C34H24/c1-3-25-26(4-2)34(30-22-12-16-24-14-6-8-18-28(24)30)32-20-10-9-19-31(32)33(25)29-21-11-15-23-13-5-7-17-27(23)29/h3-22H,1-2H2. The van der Waals surface area contributed by atoms with Crippen molar-refractivity contribution in [2.24, 2.45) is 0 Å². The first-order valence-electron chi connectivity index (χ1n) is 11.6. The van der Waals surface area contributed by atoms with E-state index in [1.165, 1.54) is 54.6 Å². The van der Waals surface area contributed by atoms with E-state index in [9.17, 15) is 0 Å². The Morgan fingerprint density at radius 3 is 1.15 bits per heavy atom. The summed E-state index contributed by atoms with van der Waals surface area (Å²) in [6.07, 6.45) is 3.99. The summed E-state index contributed by atoms with van der Waals surface area (Å²) >= 11 is 0. The lowest BCUT2D eigenvalue weighted by Gasteiger charge is -2.21. The smallest absolute Gasteiger partial charge is 0.00204 e. The van der Waals surface area contributed by atoms with Crippen molar-refractivity contribution in [2.45, 2.75) is 0 Å². The van der Waals surface area contributed by atoms with Crippen LogP contribution >= 0.6 is 0 Å². The van der Waals surface area contributed by atoms with Gasteiger partial charge in [0, 0.05) is 0 Å². The quantitative estimate of drug-likeness (QED) is 0.260. The fourth-order valence-corrected chi connectivity index (χ4v) is 5.37. The SMILES string of the molecule is C=Cc1c(C=C)c(-c2cccc3ccccc23)c2ccccc2c1-c1cccc2ccccc12. The molecule has 0 radical (unpaired) electrons. The van der Waals surface area contributed by atoms with E-state index in [1.54, 1.807) is 0 Å². The molecule has 0 aromatic heterocycles. The minimum Gasteiger partial charge on any atom is -0.0984 e. The molecule has 0 bridgehead atoms. The summed E-state index contributed by atoms with van der Waals surface area (Å²) in [6.45, 7) is 8.52. The summed E-state index contributed by atoms with van der Waals surface area (Å²) in [5, 5.41) is 7.40. The average molecular weight is 433 g/mol. The molecule has 0 amide bonds. The zero-order valence-corrected chi connectivity index (χ0v) is 19.0. The number of hydrogen-bond donors (Lipinski definition) is 0. The van der Waals surface area contributed by atoms with Gasteiger partial charge in [-0.2, -0.15) is 0 Å². The van der Waals surface area contributed by atoms with Gasteiger partial charge in [0.1, 0.15) is 0 Å². The third-order valence-electron chi connectivity index (χ3n) is 6.82. The van der Waals surface area contributed by atoms with Crippen LogP contribution in [-0.4, -0.2) is 0 Å². The largest absolute Gasteiger partial charge is 0.0984 e. The van der Waals surface area contributed by atoms with Crippen molar-refractivity contribution in [3.05, 3.63) is 133 Å². The molecule has 34 heavy (non-hydrogen) atoms. The second-order valence-corrected chi connectivity index (χ2v) is 8.58. The molecule has 6 aromatic carbocycles. The van der Waals surface area contributed by atoms with Gasteiger partial charge in [0.2, 0.25) is 0 Å². The van der Waals surface area contributed by atoms with E-state index in [2.05, 4.69) is 122 Å². The topological polar surface area (TPSA) is 0 Å². The highest BCUT2D eigenvalue weighted by atomic mass is 14.2. The number of rotatable bonds is 4. The molecule has 6 rings (SSSR count). The fraction of sp³-hybridized carbons (Fsp3) is 0. The van der Waals surface area contributed by atoms with Crippen molar-refractivity contribution in [3.63, 3.8) is 0 Å². The highest BCUT2D eigenvalue weighted by molar-refractivity contribution is 6.17. The molecular weight excluding hydrogens is 408 g/mol. The van der Waals surface area contributed by atoms with Gasteiger partial charge >= 0.3 is 0 Å². The maximum absolute atomic E-state index is 4.26. The summed E-state index contributed by atoms with van der Waals surface area (Å²) in [6, 6.07) is 39.0. The number of benzene rings is 6. The van der Waals surface area contributed by atoms with Gasteiger partial charge in [-0.1, -0.05) is 135 Å². The zero-order valence-electron chi connectivity index (χ0n) is 19.0. The molecule has 0 saturated heterocycles. The first kappa shape index (κ1) is 20.2. The van der Waals surface area contributed by atoms with Crippen molar-refractivity contribution in [2.75, 3.05) is 0 Å². The van der Waals surface area contributed by atoms with E-state index < -0.39 is 0 Å². The van der Waals surface area contributed by atoms with Crippen LogP contribution in [-0.2, 0) is 0 Å². The maximum atomic E-state index is 4.26. The third kappa shape index (κ3) is 3.00. The van der Waals surface area contributed by atoms with Gasteiger partial charge in [-0.3, -0.25) is 0 Å². The normalized spacial score (nSPS) is 11.2. The molecule has 0 aliphatic rings. The van der Waals surface area contributed by atoms with Gasteiger partial charge in [0.15, 0.2) is 0 Å². The molecule has 0 aliphatic heterocycles. The first-order valence-corrected chi connectivity index (χ1v) is 11.6. The van der Waals surface area contributed by atoms with Gasteiger partial charge in [-0.15, -0.1) is 0 Å². The molecule has 0 heterocycles. The molecule has 0 nitrogen and oxygen atoms in total. The van der Waals surface area contributed by atoms with Gasteiger partial charge in [0.25, 0.3) is 0 Å². The summed E-state index contributed by atoms with van der Waals surface area (Å²) in [4.78, 5) is 0. The molecule has 160 valence electrons. The Labute approximate surface area is 200 Å². The first-order chi connectivity index (χ1) is 16.8. The van der Waals surface area contributed by atoms with E-state index in [0.717, 1.165) is 11.1 Å². The van der Waals surface area contributed by atoms with Crippen LogP contribution in [0.25, 0.3) is 66.7 Å². The Morgan fingerprint density at radius 2 is 0.735 bits per heavy atom. The zero-order chi connectivity index (χ0) is 23.1. The summed E-state index contributed by atoms with van der Waals surface area (Å²) < 4.78 is 0. The van der Waals surface area contributed by atoms with E-state index in [-0.39, 0.29) is 0 Å². The highest BCUT2D eigenvalue weighted by Gasteiger charge is 2.20. The molecule has 0 fully saturated rings. The molecule has 0 atom stereocenters. The minimum atomic E-state index is 1.12. The van der Waals surface area contributed by atoms with Crippen LogP contribution in [0.5, 0.6) is 0 Å². The van der Waals surface area contributed by atoms with Crippen LogP contribution in [0.1, 0.15) is 11.1 Å². The monoisotopic (exact) mass is 432 g/mol. The second-order valence-electron chi connectivity index (χ2n) is 8.58. The molecule has 0 saturated carbocycles. The van der Waals surface area contributed by atoms with Crippen LogP contribution in [0.4, 0.5) is 0 Å².